The number of carbonyl (C=O) groups excluding carboxylic acids is 1. The van der Waals surface area contributed by atoms with Gasteiger partial charge < -0.3 is 21.0 Å². The van der Waals surface area contributed by atoms with E-state index in [9.17, 15) is 4.79 Å². The lowest BCUT2D eigenvalue weighted by Gasteiger charge is -2.29. The van der Waals surface area contributed by atoms with Gasteiger partial charge >= 0.3 is 0 Å². The van der Waals surface area contributed by atoms with Crippen molar-refractivity contribution in [3.05, 3.63) is 0 Å². The van der Waals surface area contributed by atoms with E-state index in [2.05, 4.69) is 15.4 Å². The number of nitrogens with zero attached hydrogens (tertiary/aromatic N) is 2. The first-order valence-corrected chi connectivity index (χ1v) is 7.67. The molecule has 21 heavy (non-hydrogen) atoms. The third kappa shape index (κ3) is 4.57. The van der Waals surface area contributed by atoms with E-state index in [-0.39, 0.29) is 11.7 Å². The lowest BCUT2D eigenvalue weighted by molar-refractivity contribution is -0.128. The SMILES string of the molecule is CCC(CC)(C(=O)NCCCN1CCOCC1)C(N)=NO. The number of carbonyl (C=O) groups is 1. The van der Waals surface area contributed by atoms with Crippen LogP contribution in [0.4, 0.5) is 0 Å². The Morgan fingerprint density at radius 3 is 2.52 bits per heavy atom. The van der Waals surface area contributed by atoms with Crippen LogP contribution in [-0.4, -0.2) is 61.2 Å². The Labute approximate surface area is 126 Å². The van der Waals surface area contributed by atoms with Crippen LogP contribution in [0.2, 0.25) is 0 Å². The highest BCUT2D eigenvalue weighted by Gasteiger charge is 2.39. The zero-order valence-corrected chi connectivity index (χ0v) is 13.1. The molecule has 1 amide bonds. The molecule has 122 valence electrons. The summed E-state index contributed by atoms with van der Waals surface area (Å²) in [6.45, 7) is 8.74. The number of amides is 1. The van der Waals surface area contributed by atoms with E-state index < -0.39 is 5.41 Å². The maximum atomic E-state index is 12.4. The number of oxime groups is 1. The van der Waals surface area contributed by atoms with Gasteiger partial charge in [0.1, 0.15) is 5.41 Å². The second-order valence-corrected chi connectivity index (χ2v) is 5.34. The average molecular weight is 300 g/mol. The predicted molar refractivity (Wildman–Crippen MR) is 81.3 cm³/mol. The zero-order chi connectivity index (χ0) is 15.7. The summed E-state index contributed by atoms with van der Waals surface area (Å²) < 4.78 is 5.29. The van der Waals surface area contributed by atoms with Gasteiger partial charge in [0.15, 0.2) is 5.84 Å². The van der Waals surface area contributed by atoms with Crippen LogP contribution in [0.15, 0.2) is 5.16 Å². The quantitative estimate of drug-likeness (QED) is 0.198. The molecule has 0 radical (unpaired) electrons. The van der Waals surface area contributed by atoms with E-state index in [4.69, 9.17) is 15.7 Å². The Morgan fingerprint density at radius 1 is 1.38 bits per heavy atom. The summed E-state index contributed by atoms with van der Waals surface area (Å²) in [5, 5.41) is 14.8. The van der Waals surface area contributed by atoms with Gasteiger partial charge in [-0.05, 0) is 25.8 Å². The summed E-state index contributed by atoms with van der Waals surface area (Å²) in [5.41, 5.74) is 4.80. The van der Waals surface area contributed by atoms with Crippen LogP contribution in [-0.2, 0) is 9.53 Å². The average Bonchev–Trinajstić information content (AvgIpc) is 2.54. The molecular weight excluding hydrogens is 272 g/mol. The van der Waals surface area contributed by atoms with Crippen molar-refractivity contribution in [1.82, 2.24) is 10.2 Å². The minimum absolute atomic E-state index is 0.0156. The molecule has 0 atom stereocenters. The van der Waals surface area contributed by atoms with Gasteiger partial charge in [-0.2, -0.15) is 0 Å². The largest absolute Gasteiger partial charge is 0.409 e. The van der Waals surface area contributed by atoms with E-state index in [1.165, 1.54) is 0 Å². The molecule has 1 aliphatic rings. The van der Waals surface area contributed by atoms with Gasteiger partial charge in [0.05, 0.1) is 13.2 Å². The summed E-state index contributed by atoms with van der Waals surface area (Å²) in [5.74, 6) is -0.178. The van der Waals surface area contributed by atoms with Crippen LogP contribution in [0.1, 0.15) is 33.1 Å². The zero-order valence-electron chi connectivity index (χ0n) is 13.1. The number of rotatable bonds is 8. The Morgan fingerprint density at radius 2 is 2.00 bits per heavy atom. The van der Waals surface area contributed by atoms with Gasteiger partial charge in [-0.3, -0.25) is 9.69 Å². The molecule has 0 aromatic heterocycles. The molecule has 1 aliphatic heterocycles. The van der Waals surface area contributed by atoms with Gasteiger partial charge in [-0.15, -0.1) is 0 Å². The molecule has 0 aromatic rings. The molecule has 7 nitrogen and oxygen atoms in total. The number of hydrogen-bond donors (Lipinski definition) is 3. The molecule has 0 aromatic carbocycles. The molecular formula is C14H28N4O3. The van der Waals surface area contributed by atoms with Crippen molar-refractivity contribution in [2.45, 2.75) is 33.1 Å². The van der Waals surface area contributed by atoms with E-state index in [1.54, 1.807) is 0 Å². The predicted octanol–water partition coefficient (Wildman–Crippen LogP) is 0.378. The van der Waals surface area contributed by atoms with Gasteiger partial charge in [0.25, 0.3) is 0 Å². The van der Waals surface area contributed by atoms with Crippen LogP contribution >= 0.6 is 0 Å². The second-order valence-electron chi connectivity index (χ2n) is 5.34. The van der Waals surface area contributed by atoms with Crippen molar-refractivity contribution in [2.24, 2.45) is 16.3 Å². The van der Waals surface area contributed by atoms with Crippen molar-refractivity contribution in [2.75, 3.05) is 39.4 Å². The van der Waals surface area contributed by atoms with E-state index in [1.807, 2.05) is 13.8 Å². The van der Waals surface area contributed by atoms with Gasteiger partial charge in [-0.1, -0.05) is 19.0 Å². The lowest BCUT2D eigenvalue weighted by atomic mass is 9.80. The number of amidine groups is 1. The number of nitrogens with two attached hydrogens (primary N) is 1. The van der Waals surface area contributed by atoms with Crippen LogP contribution in [0, 0.1) is 5.41 Å². The van der Waals surface area contributed by atoms with E-state index in [0.717, 1.165) is 39.3 Å². The lowest BCUT2D eigenvalue weighted by Crippen LogP contribution is -2.49. The fraction of sp³-hybridized carbons (Fsp3) is 0.857. The van der Waals surface area contributed by atoms with Gasteiger partial charge in [-0.25, -0.2) is 0 Å². The number of morpholine rings is 1. The van der Waals surface area contributed by atoms with Crippen LogP contribution < -0.4 is 11.1 Å². The highest BCUT2D eigenvalue weighted by Crippen LogP contribution is 2.26. The Balaban J connectivity index is 2.40. The number of nitrogens with one attached hydrogen (secondary N) is 1. The first kappa shape index (κ1) is 17.7. The minimum atomic E-state index is -0.909. The summed E-state index contributed by atoms with van der Waals surface area (Å²) in [6, 6.07) is 0. The number of ether oxygens (including phenoxy) is 1. The maximum Gasteiger partial charge on any atom is 0.233 e. The summed E-state index contributed by atoms with van der Waals surface area (Å²) >= 11 is 0. The molecule has 0 bridgehead atoms. The monoisotopic (exact) mass is 300 g/mol. The molecule has 1 saturated heterocycles. The third-order valence-corrected chi connectivity index (χ3v) is 4.28. The van der Waals surface area contributed by atoms with E-state index in [0.29, 0.717) is 19.4 Å². The highest BCUT2D eigenvalue weighted by atomic mass is 16.5. The standard InChI is InChI=1S/C14H28N4O3/c1-3-14(4-2,12(15)17-20)13(19)16-6-5-7-18-8-10-21-11-9-18/h20H,3-11H2,1-2H3,(H2,15,17)(H,16,19). The Bertz CT molecular complexity index is 350. The van der Waals surface area contributed by atoms with Crippen molar-refractivity contribution < 1.29 is 14.7 Å². The number of hydrogen-bond acceptors (Lipinski definition) is 5. The second kappa shape index (κ2) is 8.84. The van der Waals surface area contributed by atoms with Gasteiger partial charge in [0, 0.05) is 19.6 Å². The molecule has 0 spiro atoms. The Hall–Kier alpha value is -1.34. The third-order valence-electron chi connectivity index (χ3n) is 4.28. The molecule has 7 heteroatoms. The van der Waals surface area contributed by atoms with Crippen molar-refractivity contribution in [1.29, 1.82) is 0 Å². The van der Waals surface area contributed by atoms with Crippen molar-refractivity contribution in [3.8, 4) is 0 Å². The van der Waals surface area contributed by atoms with Crippen LogP contribution in [0.25, 0.3) is 0 Å². The molecule has 0 saturated carbocycles. The highest BCUT2D eigenvalue weighted by molar-refractivity contribution is 6.06. The normalized spacial score (nSPS) is 17.7. The molecule has 1 rings (SSSR count). The molecule has 0 unspecified atom stereocenters. The first-order chi connectivity index (χ1) is 10.1. The van der Waals surface area contributed by atoms with Crippen molar-refractivity contribution in [3.63, 3.8) is 0 Å². The van der Waals surface area contributed by atoms with Crippen molar-refractivity contribution >= 4 is 11.7 Å². The molecule has 1 fully saturated rings. The van der Waals surface area contributed by atoms with Gasteiger partial charge in [0.2, 0.25) is 5.91 Å². The topological polar surface area (TPSA) is 100 Å². The molecule has 0 aliphatic carbocycles. The Kier molecular flexibility index (Phi) is 7.45. The molecule has 1 heterocycles. The smallest absolute Gasteiger partial charge is 0.233 e. The first-order valence-electron chi connectivity index (χ1n) is 7.67. The van der Waals surface area contributed by atoms with Crippen LogP contribution in [0.5, 0.6) is 0 Å². The molecule has 4 N–H and O–H groups in total. The fourth-order valence-electron chi connectivity index (χ4n) is 2.64. The fourth-order valence-corrected chi connectivity index (χ4v) is 2.64. The maximum absolute atomic E-state index is 12.4. The van der Waals surface area contributed by atoms with E-state index >= 15 is 0 Å². The van der Waals surface area contributed by atoms with Crippen LogP contribution in [0.3, 0.4) is 0 Å². The summed E-state index contributed by atoms with van der Waals surface area (Å²) in [4.78, 5) is 14.7. The minimum Gasteiger partial charge on any atom is -0.409 e. The summed E-state index contributed by atoms with van der Waals surface area (Å²) in [7, 11) is 0. The summed E-state index contributed by atoms with van der Waals surface area (Å²) in [6.07, 6.45) is 1.90.